The molecule has 0 radical (unpaired) electrons. The number of sulfonamides is 1. The van der Waals surface area contributed by atoms with Gasteiger partial charge in [0.1, 0.15) is 5.75 Å². The van der Waals surface area contributed by atoms with E-state index in [1.165, 1.54) is 19.3 Å². The molecule has 156 valence electrons. The Hall–Kier alpha value is -3.23. The van der Waals surface area contributed by atoms with Crippen LogP contribution in [-0.4, -0.2) is 45.0 Å². The van der Waals surface area contributed by atoms with Gasteiger partial charge in [0, 0.05) is 12.6 Å². The molecule has 0 aliphatic heterocycles. The zero-order chi connectivity index (χ0) is 21.6. The molecule has 0 atom stereocenters. The van der Waals surface area contributed by atoms with Gasteiger partial charge in [-0.05, 0) is 42.0 Å². The van der Waals surface area contributed by atoms with Crippen LogP contribution in [0, 0.1) is 0 Å². The summed E-state index contributed by atoms with van der Waals surface area (Å²) < 4.78 is 32.1. The average molecular weight is 426 g/mol. The molecule has 0 fully saturated rings. The van der Waals surface area contributed by atoms with Crippen LogP contribution in [0.15, 0.2) is 76.7 Å². The number of nitrogens with zero attached hydrogens (tertiary/aromatic N) is 2. The zero-order valence-electron chi connectivity index (χ0n) is 16.8. The van der Waals surface area contributed by atoms with Gasteiger partial charge in [-0.2, -0.15) is 9.41 Å². The lowest BCUT2D eigenvalue weighted by Crippen LogP contribution is -2.36. The molecular formula is C22H23N3O4S. The normalized spacial score (nSPS) is 11.8. The summed E-state index contributed by atoms with van der Waals surface area (Å²) in [6, 6.07) is 19.6. The van der Waals surface area contributed by atoms with Gasteiger partial charge < -0.3 is 4.74 Å². The Morgan fingerprint density at radius 1 is 1.07 bits per heavy atom. The molecule has 0 aromatic heterocycles. The second-order valence-corrected chi connectivity index (χ2v) is 8.58. The van der Waals surface area contributed by atoms with E-state index in [4.69, 9.17) is 4.74 Å². The molecular weight excluding hydrogens is 402 g/mol. The molecule has 0 aliphatic carbocycles. The maximum Gasteiger partial charge on any atom is 0.255 e. The molecule has 7 nitrogen and oxygen atoms in total. The minimum Gasteiger partial charge on any atom is -0.493 e. The number of rotatable bonds is 8. The number of ether oxygens (including phenoxy) is 1. The van der Waals surface area contributed by atoms with E-state index in [-0.39, 0.29) is 11.4 Å². The van der Waals surface area contributed by atoms with Gasteiger partial charge in [0.25, 0.3) is 5.91 Å². The topological polar surface area (TPSA) is 88.1 Å². The summed E-state index contributed by atoms with van der Waals surface area (Å²) in [5, 5.41) is 5.66. The van der Waals surface area contributed by atoms with E-state index in [0.29, 0.717) is 17.9 Å². The third-order valence-electron chi connectivity index (χ3n) is 4.41. The van der Waals surface area contributed by atoms with Gasteiger partial charge in [-0.25, -0.2) is 13.8 Å². The Labute approximate surface area is 176 Å². The van der Waals surface area contributed by atoms with Crippen LogP contribution in [-0.2, 0) is 14.8 Å². The molecule has 3 aromatic rings. The highest BCUT2D eigenvalue weighted by atomic mass is 32.2. The highest BCUT2D eigenvalue weighted by Gasteiger charge is 2.23. The Morgan fingerprint density at radius 2 is 1.77 bits per heavy atom. The first kappa shape index (κ1) is 21.5. The summed E-state index contributed by atoms with van der Waals surface area (Å²) in [6.45, 7) is 2.02. The van der Waals surface area contributed by atoms with Crippen LogP contribution in [0.1, 0.15) is 12.5 Å². The Morgan fingerprint density at radius 3 is 2.53 bits per heavy atom. The van der Waals surface area contributed by atoms with Gasteiger partial charge in [0.05, 0.1) is 24.3 Å². The van der Waals surface area contributed by atoms with Crippen molar-refractivity contribution in [1.29, 1.82) is 0 Å². The predicted molar refractivity (Wildman–Crippen MR) is 117 cm³/mol. The number of likely N-dealkylation sites (N-methyl/N-ethyl adjacent to an activating group) is 1. The summed E-state index contributed by atoms with van der Waals surface area (Å²) >= 11 is 0. The Bertz CT molecular complexity index is 1180. The molecule has 30 heavy (non-hydrogen) atoms. The van der Waals surface area contributed by atoms with Gasteiger partial charge in [-0.15, -0.1) is 0 Å². The second-order valence-electron chi connectivity index (χ2n) is 6.53. The fourth-order valence-corrected chi connectivity index (χ4v) is 4.04. The molecule has 0 heterocycles. The van der Waals surface area contributed by atoms with Crippen molar-refractivity contribution < 1.29 is 17.9 Å². The van der Waals surface area contributed by atoms with Crippen molar-refractivity contribution >= 4 is 32.9 Å². The highest BCUT2D eigenvalue weighted by Crippen LogP contribution is 2.21. The molecule has 0 aliphatic rings. The number of carbonyl (C=O) groups is 1. The fourth-order valence-electron chi connectivity index (χ4n) is 2.88. The van der Waals surface area contributed by atoms with Crippen LogP contribution in [0.25, 0.3) is 10.8 Å². The first-order chi connectivity index (χ1) is 14.4. The van der Waals surface area contributed by atoms with Crippen LogP contribution in [0.2, 0.25) is 0 Å². The quantitative estimate of drug-likeness (QED) is 0.444. The Kier molecular flexibility index (Phi) is 6.81. The number of para-hydroxylation sites is 1. The summed E-state index contributed by atoms with van der Waals surface area (Å²) in [7, 11) is -2.46. The van der Waals surface area contributed by atoms with Crippen LogP contribution in [0.3, 0.4) is 0 Å². The van der Waals surface area contributed by atoms with Crippen molar-refractivity contribution in [3.05, 3.63) is 72.3 Å². The Balaban J connectivity index is 1.65. The maximum atomic E-state index is 12.8. The number of hydrazone groups is 1. The number of nitrogens with one attached hydrogen (secondary N) is 1. The minimum atomic E-state index is -3.82. The summed E-state index contributed by atoms with van der Waals surface area (Å²) in [6.07, 6.45) is 1.46. The van der Waals surface area contributed by atoms with E-state index in [0.717, 1.165) is 15.1 Å². The second kappa shape index (κ2) is 9.51. The lowest BCUT2D eigenvalue weighted by Gasteiger charge is -2.16. The van der Waals surface area contributed by atoms with Crippen molar-refractivity contribution in [2.24, 2.45) is 5.10 Å². The van der Waals surface area contributed by atoms with Gasteiger partial charge in [-0.1, -0.05) is 42.5 Å². The van der Waals surface area contributed by atoms with Crippen LogP contribution < -0.4 is 10.2 Å². The largest absolute Gasteiger partial charge is 0.493 e. The molecule has 8 heteroatoms. The number of fused-ring (bicyclic) bond motifs is 1. The minimum absolute atomic E-state index is 0.130. The smallest absolute Gasteiger partial charge is 0.255 e. The number of amides is 1. The molecule has 0 unspecified atom stereocenters. The van der Waals surface area contributed by atoms with Crippen LogP contribution in [0.4, 0.5) is 0 Å². The summed E-state index contributed by atoms with van der Waals surface area (Å²) in [4.78, 5) is 12.3. The van der Waals surface area contributed by atoms with Crippen molar-refractivity contribution in [3.63, 3.8) is 0 Å². The van der Waals surface area contributed by atoms with Crippen molar-refractivity contribution in [2.75, 3.05) is 20.2 Å². The average Bonchev–Trinajstić information content (AvgIpc) is 2.74. The highest BCUT2D eigenvalue weighted by molar-refractivity contribution is 7.89. The molecule has 0 saturated carbocycles. The van der Waals surface area contributed by atoms with Crippen LogP contribution in [0.5, 0.6) is 5.75 Å². The summed E-state index contributed by atoms with van der Waals surface area (Å²) in [5.41, 5.74) is 3.06. The number of hydrogen-bond donors (Lipinski definition) is 1. The van der Waals surface area contributed by atoms with Gasteiger partial charge >= 0.3 is 0 Å². The van der Waals surface area contributed by atoms with Gasteiger partial charge in [-0.3, -0.25) is 4.79 Å². The van der Waals surface area contributed by atoms with Crippen LogP contribution >= 0.6 is 0 Å². The lowest BCUT2D eigenvalue weighted by molar-refractivity contribution is -0.121. The molecule has 0 spiro atoms. The SMILES string of the molecule is CCOc1ccccc1/C=N\NC(=O)CN(C)S(=O)(=O)c1ccc2ccccc2c1. The first-order valence-corrected chi connectivity index (χ1v) is 10.8. The number of benzene rings is 3. The predicted octanol–water partition coefficient (Wildman–Crippen LogP) is 3.01. The van der Waals surface area contributed by atoms with E-state index >= 15 is 0 Å². The summed E-state index contributed by atoms with van der Waals surface area (Å²) in [5.74, 6) is 0.0982. The van der Waals surface area contributed by atoms with Crippen molar-refractivity contribution in [3.8, 4) is 5.75 Å². The molecule has 3 aromatic carbocycles. The van der Waals surface area contributed by atoms with E-state index in [2.05, 4.69) is 10.5 Å². The fraction of sp³-hybridized carbons (Fsp3) is 0.182. The van der Waals surface area contributed by atoms with E-state index in [1.807, 2.05) is 43.3 Å². The van der Waals surface area contributed by atoms with Gasteiger partial charge in [0.2, 0.25) is 10.0 Å². The van der Waals surface area contributed by atoms with Crippen molar-refractivity contribution in [1.82, 2.24) is 9.73 Å². The van der Waals surface area contributed by atoms with E-state index in [9.17, 15) is 13.2 Å². The van der Waals surface area contributed by atoms with Crippen molar-refractivity contribution in [2.45, 2.75) is 11.8 Å². The molecule has 0 bridgehead atoms. The number of carbonyl (C=O) groups excluding carboxylic acids is 1. The standard InChI is InChI=1S/C22H23N3O4S/c1-3-29-21-11-7-6-10-19(21)15-23-24-22(26)16-25(2)30(27,28)20-13-12-17-8-4-5-9-18(17)14-20/h4-15H,3,16H2,1-2H3,(H,24,26)/b23-15-. The maximum absolute atomic E-state index is 12.8. The molecule has 1 N–H and O–H groups in total. The van der Waals surface area contributed by atoms with E-state index in [1.54, 1.807) is 24.3 Å². The molecule has 3 rings (SSSR count). The van der Waals surface area contributed by atoms with Gasteiger partial charge in [0.15, 0.2) is 0 Å². The lowest BCUT2D eigenvalue weighted by atomic mass is 10.1. The van der Waals surface area contributed by atoms with E-state index < -0.39 is 15.9 Å². The first-order valence-electron chi connectivity index (χ1n) is 9.40. The molecule has 1 amide bonds. The third kappa shape index (κ3) is 5.03. The third-order valence-corrected chi connectivity index (χ3v) is 6.21. The zero-order valence-corrected chi connectivity index (χ0v) is 17.6. The number of hydrogen-bond acceptors (Lipinski definition) is 5. The monoisotopic (exact) mass is 425 g/mol. The molecule has 0 saturated heterocycles.